The molecule has 3 heterocycles. The second-order valence-corrected chi connectivity index (χ2v) is 8.23. The van der Waals surface area contributed by atoms with Gasteiger partial charge in [0, 0.05) is 23.0 Å². The first-order valence-electron chi connectivity index (χ1n) is 11.4. The predicted molar refractivity (Wildman–Crippen MR) is 140 cm³/mol. The number of hydrogen-bond acceptors (Lipinski definition) is 9. The van der Waals surface area contributed by atoms with Crippen molar-refractivity contribution in [1.29, 1.82) is 5.26 Å². The van der Waals surface area contributed by atoms with Crippen LogP contribution in [0.5, 0.6) is 5.88 Å². The van der Waals surface area contributed by atoms with Crippen LogP contribution in [0.4, 0.5) is 11.8 Å². The molecule has 37 heavy (non-hydrogen) atoms. The first kappa shape index (κ1) is 23.4. The number of anilines is 2. The Morgan fingerprint density at radius 1 is 1.08 bits per heavy atom. The molecule has 0 bridgehead atoms. The molecular formula is C27H22N8O2. The normalized spacial score (nSPS) is 11.6. The fourth-order valence-corrected chi connectivity index (χ4v) is 4.22. The fourth-order valence-electron chi connectivity index (χ4n) is 4.22. The number of benzene rings is 2. The first-order chi connectivity index (χ1) is 18.0. The van der Waals surface area contributed by atoms with Crippen molar-refractivity contribution in [2.24, 2.45) is 0 Å². The van der Waals surface area contributed by atoms with E-state index in [-0.39, 0.29) is 22.9 Å². The van der Waals surface area contributed by atoms with Crippen molar-refractivity contribution in [3.63, 3.8) is 0 Å². The second-order valence-electron chi connectivity index (χ2n) is 8.23. The Bertz CT molecular complexity index is 1710. The van der Waals surface area contributed by atoms with Crippen LogP contribution in [0.1, 0.15) is 24.2 Å². The number of rotatable bonds is 6. The molecule has 0 fully saturated rings. The summed E-state index contributed by atoms with van der Waals surface area (Å²) < 4.78 is 6.91. The molecule has 0 amide bonds. The average Bonchev–Trinajstić information content (AvgIpc) is 2.93. The third kappa shape index (κ3) is 4.41. The van der Waals surface area contributed by atoms with Crippen molar-refractivity contribution in [2.45, 2.75) is 13.0 Å². The lowest BCUT2D eigenvalue weighted by atomic mass is 10.0. The van der Waals surface area contributed by atoms with E-state index in [0.717, 1.165) is 5.39 Å². The number of nitrogen functional groups attached to an aromatic ring is 1. The number of nitrogens with two attached hydrogens (primary N) is 1. The summed E-state index contributed by atoms with van der Waals surface area (Å²) in [5.74, 6) is 0.728. The maximum absolute atomic E-state index is 14.2. The highest BCUT2D eigenvalue weighted by atomic mass is 16.5. The number of aromatic nitrogens is 5. The van der Waals surface area contributed by atoms with Crippen LogP contribution >= 0.6 is 0 Å². The van der Waals surface area contributed by atoms with Gasteiger partial charge in [0.15, 0.2) is 0 Å². The van der Waals surface area contributed by atoms with E-state index >= 15 is 0 Å². The Kier molecular flexibility index (Phi) is 6.18. The molecule has 3 aromatic heterocycles. The summed E-state index contributed by atoms with van der Waals surface area (Å²) in [4.78, 5) is 30.7. The molecule has 10 heteroatoms. The van der Waals surface area contributed by atoms with Gasteiger partial charge in [-0.25, -0.2) is 15.0 Å². The molecule has 0 saturated heterocycles. The first-order valence-corrected chi connectivity index (χ1v) is 11.4. The van der Waals surface area contributed by atoms with Gasteiger partial charge in [0.2, 0.25) is 11.8 Å². The maximum atomic E-state index is 14.2. The number of pyridine rings is 1. The minimum atomic E-state index is -0.429. The zero-order valence-corrected chi connectivity index (χ0v) is 20.1. The average molecular weight is 491 g/mol. The number of nitrogens with zero attached hydrogens (tertiary/aromatic N) is 6. The van der Waals surface area contributed by atoms with Crippen LogP contribution in [0.15, 0.2) is 78.0 Å². The number of para-hydroxylation sites is 1. The molecule has 0 aliphatic heterocycles. The highest BCUT2D eigenvalue weighted by Gasteiger charge is 2.20. The Hall–Kier alpha value is -5.30. The van der Waals surface area contributed by atoms with E-state index in [1.165, 1.54) is 19.6 Å². The second kappa shape index (κ2) is 9.75. The molecule has 0 radical (unpaired) electrons. The summed E-state index contributed by atoms with van der Waals surface area (Å²) in [5, 5.41) is 14.0. The van der Waals surface area contributed by atoms with Crippen molar-refractivity contribution in [3.05, 3.63) is 94.8 Å². The van der Waals surface area contributed by atoms with Gasteiger partial charge in [0.25, 0.3) is 5.56 Å². The summed E-state index contributed by atoms with van der Waals surface area (Å²) in [6, 6.07) is 20.2. The predicted octanol–water partition coefficient (Wildman–Crippen LogP) is 3.87. The lowest BCUT2D eigenvalue weighted by Crippen LogP contribution is -2.26. The van der Waals surface area contributed by atoms with Crippen molar-refractivity contribution in [1.82, 2.24) is 24.5 Å². The van der Waals surface area contributed by atoms with E-state index in [4.69, 9.17) is 10.5 Å². The van der Waals surface area contributed by atoms with Gasteiger partial charge in [-0.2, -0.15) is 10.2 Å². The van der Waals surface area contributed by atoms with Gasteiger partial charge in [-0.3, -0.25) is 9.36 Å². The lowest BCUT2D eigenvalue weighted by molar-refractivity contribution is 0.397. The largest absolute Gasteiger partial charge is 0.481 e. The zero-order valence-electron chi connectivity index (χ0n) is 20.1. The quantitative estimate of drug-likeness (QED) is 0.362. The summed E-state index contributed by atoms with van der Waals surface area (Å²) >= 11 is 0. The smallest absolute Gasteiger partial charge is 0.263 e. The summed E-state index contributed by atoms with van der Waals surface area (Å²) in [7, 11) is 1.53. The van der Waals surface area contributed by atoms with Crippen LogP contribution in [-0.4, -0.2) is 31.6 Å². The van der Waals surface area contributed by atoms with Crippen LogP contribution in [-0.2, 0) is 0 Å². The van der Waals surface area contributed by atoms with Crippen LogP contribution in [0, 0.1) is 11.3 Å². The van der Waals surface area contributed by atoms with E-state index < -0.39 is 6.04 Å². The van der Waals surface area contributed by atoms with Crippen LogP contribution in [0.3, 0.4) is 0 Å². The SMILES string of the molecule is COc1cc(-c2cccc3cc(C(C)Nc4nc(N)ncc4C#N)n(-c4ccccc4)c(=O)c23)ncn1. The van der Waals surface area contributed by atoms with E-state index in [0.29, 0.717) is 33.9 Å². The minimum Gasteiger partial charge on any atom is -0.481 e. The van der Waals surface area contributed by atoms with Crippen molar-refractivity contribution >= 4 is 22.5 Å². The minimum absolute atomic E-state index is 0.0394. The maximum Gasteiger partial charge on any atom is 0.263 e. The van der Waals surface area contributed by atoms with Gasteiger partial charge < -0.3 is 15.8 Å². The van der Waals surface area contributed by atoms with E-state index in [1.54, 1.807) is 10.6 Å². The summed E-state index contributed by atoms with van der Waals surface area (Å²) in [6.45, 7) is 1.89. The van der Waals surface area contributed by atoms with E-state index in [9.17, 15) is 10.1 Å². The summed E-state index contributed by atoms with van der Waals surface area (Å²) in [5.41, 5.74) is 8.38. The van der Waals surface area contributed by atoms with Gasteiger partial charge in [-0.1, -0.05) is 36.4 Å². The highest BCUT2D eigenvalue weighted by molar-refractivity contribution is 5.95. The summed E-state index contributed by atoms with van der Waals surface area (Å²) in [6.07, 6.45) is 2.77. The molecule has 0 spiro atoms. The molecule has 3 N–H and O–H groups in total. The third-order valence-corrected chi connectivity index (χ3v) is 5.94. The van der Waals surface area contributed by atoms with Crippen molar-refractivity contribution < 1.29 is 4.74 Å². The van der Waals surface area contributed by atoms with Gasteiger partial charge >= 0.3 is 0 Å². The molecular weight excluding hydrogens is 468 g/mol. The fraction of sp³-hybridized carbons (Fsp3) is 0.111. The third-order valence-electron chi connectivity index (χ3n) is 5.94. The van der Waals surface area contributed by atoms with Gasteiger partial charge in [0.1, 0.15) is 23.8 Å². The molecule has 1 unspecified atom stereocenters. The molecule has 1 atom stereocenters. The Morgan fingerprint density at radius 3 is 2.65 bits per heavy atom. The highest BCUT2D eigenvalue weighted by Crippen LogP contribution is 2.30. The topological polar surface area (TPSA) is 145 Å². The Morgan fingerprint density at radius 2 is 1.89 bits per heavy atom. The molecule has 5 aromatic rings. The molecule has 2 aromatic carbocycles. The molecule has 0 saturated carbocycles. The van der Waals surface area contributed by atoms with Crippen LogP contribution < -0.4 is 21.3 Å². The molecule has 0 aliphatic rings. The van der Waals surface area contributed by atoms with Crippen LogP contribution in [0.25, 0.3) is 27.7 Å². The zero-order chi connectivity index (χ0) is 25.9. The molecule has 10 nitrogen and oxygen atoms in total. The Balaban J connectivity index is 1.74. The van der Waals surface area contributed by atoms with Gasteiger partial charge in [0.05, 0.1) is 30.4 Å². The number of ether oxygens (including phenoxy) is 1. The van der Waals surface area contributed by atoms with Gasteiger partial charge in [-0.15, -0.1) is 0 Å². The van der Waals surface area contributed by atoms with E-state index in [1.807, 2.05) is 61.5 Å². The van der Waals surface area contributed by atoms with Crippen molar-refractivity contribution in [3.8, 4) is 28.9 Å². The number of fused-ring (bicyclic) bond motifs is 1. The molecule has 5 rings (SSSR count). The van der Waals surface area contributed by atoms with Crippen LogP contribution in [0.2, 0.25) is 0 Å². The molecule has 0 aliphatic carbocycles. The van der Waals surface area contributed by atoms with Crippen molar-refractivity contribution in [2.75, 3.05) is 18.2 Å². The van der Waals surface area contributed by atoms with E-state index in [2.05, 4.69) is 31.3 Å². The monoisotopic (exact) mass is 490 g/mol. The van der Waals surface area contributed by atoms with Gasteiger partial charge in [-0.05, 0) is 30.5 Å². The standard InChI is InChI=1S/C27H22N8O2/c1-16(33-25-18(13-28)14-30-27(29)34-25)22-11-17-7-6-10-20(21-12-23(37-2)32-15-31-21)24(17)26(36)35(22)19-8-4-3-5-9-19/h3-12,14-16H,1-2H3,(H3,29,30,33,34). The number of nitriles is 1. The number of nitrogens with one attached hydrogen (secondary N) is 1. The Labute approximate surface area is 212 Å². The molecule has 182 valence electrons. The lowest BCUT2D eigenvalue weighted by Gasteiger charge is -2.22. The number of methoxy groups -OCH3 is 1. The number of hydrogen-bond donors (Lipinski definition) is 2.